The molecule has 6 nitrogen and oxygen atoms in total. The van der Waals surface area contributed by atoms with Crippen molar-refractivity contribution in [1.82, 2.24) is 14.8 Å². The summed E-state index contributed by atoms with van der Waals surface area (Å²) in [5.74, 6) is -1.63. The number of halogens is 2. The number of pyridine rings is 1. The van der Waals surface area contributed by atoms with E-state index in [0.29, 0.717) is 11.4 Å². The fourth-order valence-electron chi connectivity index (χ4n) is 2.40. The molecule has 0 aliphatic rings. The van der Waals surface area contributed by atoms with Gasteiger partial charge in [0.05, 0.1) is 12.8 Å². The highest BCUT2D eigenvalue weighted by Gasteiger charge is 2.21. The van der Waals surface area contributed by atoms with Gasteiger partial charge in [0.15, 0.2) is 0 Å². The van der Waals surface area contributed by atoms with Crippen molar-refractivity contribution in [3.05, 3.63) is 65.6 Å². The smallest absolute Gasteiger partial charge is 0.342 e. The molecule has 2 aromatic heterocycles. The summed E-state index contributed by atoms with van der Waals surface area (Å²) >= 11 is 0. The second-order valence-corrected chi connectivity index (χ2v) is 5.45. The van der Waals surface area contributed by atoms with Crippen LogP contribution < -0.4 is 4.74 Å². The van der Waals surface area contributed by atoms with Crippen LogP contribution in [-0.2, 0) is 18.4 Å². The van der Waals surface area contributed by atoms with Gasteiger partial charge < -0.3 is 9.47 Å². The maximum absolute atomic E-state index is 14.1. The van der Waals surface area contributed by atoms with Crippen molar-refractivity contribution >= 4 is 5.97 Å². The second-order valence-electron chi connectivity index (χ2n) is 5.45. The highest BCUT2D eigenvalue weighted by molar-refractivity contribution is 5.96. The average molecular weight is 359 g/mol. The Kier molecular flexibility index (Phi) is 4.92. The maximum Gasteiger partial charge on any atom is 0.342 e. The molecule has 0 saturated heterocycles. The molecule has 0 atom stereocenters. The minimum Gasteiger partial charge on any atom is -0.497 e. The van der Waals surface area contributed by atoms with Crippen LogP contribution in [0.25, 0.3) is 11.3 Å². The van der Waals surface area contributed by atoms with Crippen LogP contribution in [0.2, 0.25) is 0 Å². The molecule has 0 amide bonds. The van der Waals surface area contributed by atoms with E-state index in [1.807, 2.05) is 0 Å². The number of esters is 1. The van der Waals surface area contributed by atoms with Gasteiger partial charge in [-0.15, -0.1) is 0 Å². The van der Waals surface area contributed by atoms with Gasteiger partial charge in [-0.25, -0.2) is 13.6 Å². The molecule has 3 rings (SSSR count). The molecule has 0 radical (unpaired) electrons. The molecule has 0 spiro atoms. The normalized spacial score (nSPS) is 10.6. The first kappa shape index (κ1) is 17.5. The molecule has 0 unspecified atom stereocenters. The van der Waals surface area contributed by atoms with Crippen molar-refractivity contribution in [2.24, 2.45) is 7.05 Å². The van der Waals surface area contributed by atoms with Crippen LogP contribution in [0.1, 0.15) is 16.1 Å². The summed E-state index contributed by atoms with van der Waals surface area (Å²) in [6.45, 7) is -0.0870. The summed E-state index contributed by atoms with van der Waals surface area (Å²) in [5, 5.41) is 4.09. The number of carbonyl (C=O) groups excluding carboxylic acids is 1. The Bertz CT molecular complexity index is 957. The van der Waals surface area contributed by atoms with E-state index < -0.39 is 17.6 Å². The van der Waals surface area contributed by atoms with Crippen LogP contribution in [0.3, 0.4) is 0 Å². The van der Waals surface area contributed by atoms with Gasteiger partial charge in [-0.2, -0.15) is 5.10 Å². The van der Waals surface area contributed by atoms with Crippen molar-refractivity contribution in [3.63, 3.8) is 0 Å². The molecule has 26 heavy (non-hydrogen) atoms. The quantitative estimate of drug-likeness (QED) is 0.655. The van der Waals surface area contributed by atoms with E-state index in [0.717, 1.165) is 12.1 Å². The molecule has 2 heterocycles. The van der Waals surface area contributed by atoms with E-state index in [-0.39, 0.29) is 23.4 Å². The van der Waals surface area contributed by atoms with Gasteiger partial charge in [0, 0.05) is 37.1 Å². The molecule has 0 saturated carbocycles. The van der Waals surface area contributed by atoms with Crippen LogP contribution >= 0.6 is 0 Å². The number of carbonyl (C=O) groups is 1. The minimum absolute atomic E-state index is 0.0125. The predicted octanol–water partition coefficient (Wildman–Crippen LogP) is 3.13. The van der Waals surface area contributed by atoms with Crippen molar-refractivity contribution in [2.45, 2.75) is 6.61 Å². The summed E-state index contributed by atoms with van der Waals surface area (Å²) < 4.78 is 38.9. The first-order valence-corrected chi connectivity index (χ1v) is 7.63. The van der Waals surface area contributed by atoms with Gasteiger partial charge in [0.25, 0.3) is 0 Å². The van der Waals surface area contributed by atoms with E-state index in [1.165, 1.54) is 30.3 Å². The molecule has 0 aliphatic carbocycles. The fraction of sp³-hybridized carbons (Fsp3) is 0.167. The molecule has 134 valence electrons. The predicted molar refractivity (Wildman–Crippen MR) is 88.5 cm³/mol. The summed E-state index contributed by atoms with van der Waals surface area (Å²) in [5.41, 5.74) is 0.657. The van der Waals surface area contributed by atoms with Crippen molar-refractivity contribution in [3.8, 4) is 17.0 Å². The van der Waals surface area contributed by atoms with E-state index in [4.69, 9.17) is 9.47 Å². The van der Waals surface area contributed by atoms with Crippen LogP contribution in [0, 0.1) is 11.6 Å². The molecular formula is C18H15F2N3O3. The molecule has 0 N–H and O–H groups in total. The number of aromatic nitrogens is 3. The zero-order chi connectivity index (χ0) is 18.7. The van der Waals surface area contributed by atoms with Crippen LogP contribution in [0.4, 0.5) is 8.78 Å². The molecule has 1 aromatic carbocycles. The number of aryl methyl sites for hydroxylation is 1. The monoisotopic (exact) mass is 359 g/mol. The third-order valence-electron chi connectivity index (χ3n) is 3.61. The first-order chi connectivity index (χ1) is 12.5. The summed E-state index contributed by atoms with van der Waals surface area (Å²) in [6, 6.07) is 6.37. The molecule has 0 bridgehead atoms. The third kappa shape index (κ3) is 3.69. The highest BCUT2D eigenvalue weighted by atomic mass is 19.1. The topological polar surface area (TPSA) is 66.2 Å². The van der Waals surface area contributed by atoms with E-state index >= 15 is 0 Å². The molecular weight excluding hydrogens is 344 g/mol. The van der Waals surface area contributed by atoms with Gasteiger partial charge in [-0.3, -0.25) is 9.67 Å². The van der Waals surface area contributed by atoms with Crippen molar-refractivity contribution in [1.29, 1.82) is 0 Å². The minimum atomic E-state index is -0.813. The van der Waals surface area contributed by atoms with Crippen molar-refractivity contribution < 1.29 is 23.0 Å². The Morgan fingerprint density at radius 1 is 1.23 bits per heavy atom. The SMILES string of the molecule is COc1ccnc(COC(=O)c2cn(C)nc2-c2ccc(F)cc2F)c1. The Balaban J connectivity index is 1.83. The standard InChI is InChI=1S/C18H15F2N3O3/c1-23-9-15(17(22-23)14-4-3-11(19)7-16(14)20)18(24)26-10-12-8-13(25-2)5-6-21-12/h3-9H,10H2,1-2H3. The van der Waals surface area contributed by atoms with Gasteiger partial charge in [-0.1, -0.05) is 0 Å². The number of ether oxygens (including phenoxy) is 2. The van der Waals surface area contributed by atoms with E-state index in [9.17, 15) is 13.6 Å². The number of hydrogen-bond acceptors (Lipinski definition) is 5. The summed E-state index contributed by atoms with van der Waals surface area (Å²) in [4.78, 5) is 16.5. The zero-order valence-electron chi connectivity index (χ0n) is 14.1. The summed E-state index contributed by atoms with van der Waals surface area (Å²) in [7, 11) is 3.11. The Morgan fingerprint density at radius 2 is 2.04 bits per heavy atom. The number of hydrogen-bond donors (Lipinski definition) is 0. The molecule has 0 aliphatic heterocycles. The summed E-state index contributed by atoms with van der Waals surface area (Å²) in [6.07, 6.45) is 2.95. The van der Waals surface area contributed by atoms with Crippen LogP contribution in [0.5, 0.6) is 5.75 Å². The lowest BCUT2D eigenvalue weighted by molar-refractivity contribution is 0.0468. The Morgan fingerprint density at radius 3 is 2.77 bits per heavy atom. The van der Waals surface area contributed by atoms with E-state index in [2.05, 4.69) is 10.1 Å². The number of methoxy groups -OCH3 is 1. The van der Waals surface area contributed by atoms with Gasteiger partial charge in [-0.05, 0) is 18.2 Å². The third-order valence-corrected chi connectivity index (χ3v) is 3.61. The average Bonchev–Trinajstić information content (AvgIpc) is 3.01. The van der Waals surface area contributed by atoms with Gasteiger partial charge in [0.1, 0.15) is 35.2 Å². The lowest BCUT2D eigenvalue weighted by Crippen LogP contribution is -2.07. The Labute approximate surface area is 148 Å². The van der Waals surface area contributed by atoms with Crippen molar-refractivity contribution in [2.75, 3.05) is 7.11 Å². The number of benzene rings is 1. The fourth-order valence-corrected chi connectivity index (χ4v) is 2.40. The molecule has 0 fully saturated rings. The number of rotatable bonds is 5. The number of nitrogens with zero attached hydrogens (tertiary/aromatic N) is 3. The maximum atomic E-state index is 14.1. The van der Waals surface area contributed by atoms with Crippen LogP contribution in [-0.4, -0.2) is 27.8 Å². The molecule has 3 aromatic rings. The lowest BCUT2D eigenvalue weighted by atomic mass is 10.1. The van der Waals surface area contributed by atoms with Gasteiger partial charge >= 0.3 is 5.97 Å². The second kappa shape index (κ2) is 7.30. The van der Waals surface area contributed by atoms with Gasteiger partial charge in [0.2, 0.25) is 0 Å². The zero-order valence-corrected chi connectivity index (χ0v) is 14.1. The lowest BCUT2D eigenvalue weighted by Gasteiger charge is -2.06. The largest absolute Gasteiger partial charge is 0.497 e. The molecule has 8 heteroatoms. The van der Waals surface area contributed by atoms with E-state index in [1.54, 1.807) is 19.2 Å². The first-order valence-electron chi connectivity index (χ1n) is 7.63. The highest BCUT2D eigenvalue weighted by Crippen LogP contribution is 2.26. The Hall–Kier alpha value is -3.29. The van der Waals surface area contributed by atoms with Crippen LogP contribution in [0.15, 0.2) is 42.7 Å².